The average Bonchev–Trinajstić information content (AvgIpc) is 3.19. The van der Waals surface area contributed by atoms with Crippen molar-refractivity contribution in [2.24, 2.45) is 4.99 Å². The Morgan fingerprint density at radius 1 is 1.00 bits per heavy atom. The number of non-ortho nitro benzene ring substituents is 1. The fourth-order valence-electron chi connectivity index (χ4n) is 3.89. The Kier molecular flexibility index (Phi) is 6.26. The summed E-state index contributed by atoms with van der Waals surface area (Å²) in [5.74, 6) is 0.317. The Labute approximate surface area is 186 Å². The molecule has 0 radical (unpaired) electrons. The van der Waals surface area contributed by atoms with Crippen molar-refractivity contribution in [2.45, 2.75) is 25.6 Å². The van der Waals surface area contributed by atoms with Crippen molar-refractivity contribution in [3.8, 4) is 0 Å². The fourth-order valence-corrected chi connectivity index (χ4v) is 3.89. The number of esters is 1. The van der Waals surface area contributed by atoms with Crippen LogP contribution in [0, 0.1) is 10.1 Å². The number of hydrogen-bond acceptors (Lipinski definition) is 6. The van der Waals surface area contributed by atoms with E-state index in [4.69, 9.17) is 9.73 Å². The van der Waals surface area contributed by atoms with Gasteiger partial charge in [-0.1, -0.05) is 60.7 Å². The zero-order valence-corrected chi connectivity index (χ0v) is 17.6. The Morgan fingerprint density at radius 3 is 2.22 bits per heavy atom. The number of nitro benzene ring substituents is 1. The average molecular weight is 429 g/mol. The van der Waals surface area contributed by atoms with Gasteiger partial charge in [-0.15, -0.1) is 0 Å². The van der Waals surface area contributed by atoms with Crippen molar-refractivity contribution >= 4 is 17.5 Å². The van der Waals surface area contributed by atoms with Crippen LogP contribution < -0.4 is 0 Å². The number of hydrogen-bond donors (Lipinski definition) is 0. The monoisotopic (exact) mass is 429 g/mol. The predicted molar refractivity (Wildman–Crippen MR) is 121 cm³/mol. The van der Waals surface area contributed by atoms with E-state index in [2.05, 4.69) is 0 Å². The van der Waals surface area contributed by atoms with E-state index in [1.54, 1.807) is 19.1 Å². The summed E-state index contributed by atoms with van der Waals surface area (Å²) in [4.78, 5) is 30.7. The second kappa shape index (κ2) is 9.43. The fraction of sp³-hybridized carbons (Fsp3) is 0.200. The molecule has 0 N–H and O–H groups in total. The lowest BCUT2D eigenvalue weighted by atomic mass is 9.99. The van der Waals surface area contributed by atoms with Gasteiger partial charge in [0.15, 0.2) is 6.04 Å². The Balaban J connectivity index is 1.79. The largest absolute Gasteiger partial charge is 0.464 e. The summed E-state index contributed by atoms with van der Waals surface area (Å²) in [6, 6.07) is 24.5. The Bertz CT molecular complexity index is 1110. The minimum atomic E-state index is -0.688. The van der Waals surface area contributed by atoms with E-state index in [1.165, 1.54) is 12.1 Å². The topological polar surface area (TPSA) is 85.0 Å². The molecular weight excluding hydrogens is 406 g/mol. The second-order valence-corrected chi connectivity index (χ2v) is 7.42. The van der Waals surface area contributed by atoms with E-state index < -0.39 is 17.0 Å². The van der Waals surface area contributed by atoms with E-state index in [0.29, 0.717) is 12.4 Å². The van der Waals surface area contributed by atoms with Crippen LogP contribution in [-0.4, -0.2) is 34.3 Å². The molecule has 1 aliphatic rings. The first kappa shape index (κ1) is 21.2. The number of benzene rings is 3. The zero-order valence-electron chi connectivity index (χ0n) is 17.6. The molecule has 1 heterocycles. The van der Waals surface area contributed by atoms with Crippen LogP contribution in [0.1, 0.15) is 29.7 Å². The van der Waals surface area contributed by atoms with Gasteiger partial charge in [0.25, 0.3) is 5.69 Å². The quantitative estimate of drug-likeness (QED) is 0.313. The van der Waals surface area contributed by atoms with Gasteiger partial charge >= 0.3 is 5.97 Å². The SMILES string of the molecule is CCOC(=O)[C@H]1[C@H](c2ccc([N+](=O)[O-])cc2)N=C(c2ccccc2)N1Cc1ccccc1. The third kappa shape index (κ3) is 4.37. The highest BCUT2D eigenvalue weighted by atomic mass is 16.6. The lowest BCUT2D eigenvalue weighted by Gasteiger charge is -2.29. The van der Waals surface area contributed by atoms with Gasteiger partial charge in [0, 0.05) is 24.2 Å². The molecule has 0 fully saturated rings. The van der Waals surface area contributed by atoms with Crippen molar-refractivity contribution in [2.75, 3.05) is 6.61 Å². The lowest BCUT2D eigenvalue weighted by molar-refractivity contribution is -0.384. The van der Waals surface area contributed by atoms with Crippen molar-refractivity contribution in [3.63, 3.8) is 0 Å². The van der Waals surface area contributed by atoms with Crippen molar-refractivity contribution in [1.82, 2.24) is 4.90 Å². The summed E-state index contributed by atoms with van der Waals surface area (Å²) in [5.41, 5.74) is 2.64. The summed E-state index contributed by atoms with van der Waals surface area (Å²) in [6.45, 7) is 2.50. The molecule has 0 unspecified atom stereocenters. The van der Waals surface area contributed by atoms with Crippen LogP contribution in [0.25, 0.3) is 0 Å². The highest BCUT2D eigenvalue weighted by Gasteiger charge is 2.43. The molecule has 3 aromatic carbocycles. The molecule has 0 aliphatic carbocycles. The van der Waals surface area contributed by atoms with Crippen LogP contribution in [0.5, 0.6) is 0 Å². The van der Waals surface area contributed by atoms with Crippen LogP contribution in [0.15, 0.2) is 89.9 Å². The molecule has 7 nitrogen and oxygen atoms in total. The van der Waals surface area contributed by atoms with E-state index in [1.807, 2.05) is 65.6 Å². The number of carbonyl (C=O) groups excluding carboxylic acids is 1. The molecular formula is C25H23N3O4. The molecule has 0 saturated heterocycles. The number of carbonyl (C=O) groups is 1. The van der Waals surface area contributed by atoms with Gasteiger partial charge in [0.05, 0.1) is 11.5 Å². The predicted octanol–water partition coefficient (Wildman–Crippen LogP) is 4.53. The van der Waals surface area contributed by atoms with Crippen LogP contribution >= 0.6 is 0 Å². The van der Waals surface area contributed by atoms with Crippen LogP contribution in [-0.2, 0) is 16.1 Å². The van der Waals surface area contributed by atoms with Gasteiger partial charge in [0.1, 0.15) is 11.9 Å². The summed E-state index contributed by atoms with van der Waals surface area (Å²) < 4.78 is 5.43. The maximum Gasteiger partial charge on any atom is 0.331 e. The number of amidine groups is 1. The molecule has 3 aromatic rings. The molecule has 0 spiro atoms. The minimum Gasteiger partial charge on any atom is -0.464 e. The van der Waals surface area contributed by atoms with E-state index >= 15 is 0 Å². The van der Waals surface area contributed by atoms with Gasteiger partial charge < -0.3 is 9.64 Å². The molecule has 162 valence electrons. The van der Waals surface area contributed by atoms with Gasteiger partial charge in [-0.3, -0.25) is 15.1 Å². The first-order chi connectivity index (χ1) is 15.6. The van der Waals surface area contributed by atoms with Gasteiger partial charge in [-0.05, 0) is 30.2 Å². The first-order valence-corrected chi connectivity index (χ1v) is 10.4. The molecule has 32 heavy (non-hydrogen) atoms. The van der Waals surface area contributed by atoms with Crippen molar-refractivity contribution in [1.29, 1.82) is 0 Å². The van der Waals surface area contributed by atoms with Crippen molar-refractivity contribution in [3.05, 3.63) is 112 Å². The number of rotatable bonds is 7. The van der Waals surface area contributed by atoms with E-state index in [-0.39, 0.29) is 18.3 Å². The van der Waals surface area contributed by atoms with Crippen LogP contribution in [0.3, 0.4) is 0 Å². The molecule has 0 aromatic heterocycles. The Morgan fingerprint density at radius 2 is 1.62 bits per heavy atom. The molecule has 0 amide bonds. The van der Waals surface area contributed by atoms with Crippen molar-refractivity contribution < 1.29 is 14.5 Å². The molecule has 7 heteroatoms. The number of nitrogens with zero attached hydrogens (tertiary/aromatic N) is 3. The molecule has 0 saturated carbocycles. The smallest absolute Gasteiger partial charge is 0.331 e. The summed E-state index contributed by atoms with van der Waals surface area (Å²) in [6.07, 6.45) is 0. The normalized spacial score (nSPS) is 17.7. The summed E-state index contributed by atoms with van der Waals surface area (Å²) in [7, 11) is 0. The maximum atomic E-state index is 13.1. The van der Waals surface area contributed by atoms with E-state index in [9.17, 15) is 14.9 Å². The molecule has 2 atom stereocenters. The minimum absolute atomic E-state index is 0.00663. The summed E-state index contributed by atoms with van der Waals surface area (Å²) in [5, 5.41) is 11.1. The number of aliphatic imine (C=N–C) groups is 1. The molecule has 0 bridgehead atoms. The lowest BCUT2D eigenvalue weighted by Crippen LogP contribution is -2.43. The highest BCUT2D eigenvalue weighted by molar-refractivity contribution is 6.03. The maximum absolute atomic E-state index is 13.1. The zero-order chi connectivity index (χ0) is 22.5. The van der Waals surface area contributed by atoms with Crippen LogP contribution in [0.2, 0.25) is 0 Å². The highest BCUT2D eigenvalue weighted by Crippen LogP contribution is 2.36. The second-order valence-electron chi connectivity index (χ2n) is 7.42. The summed E-state index contributed by atoms with van der Waals surface area (Å²) >= 11 is 0. The third-order valence-electron chi connectivity index (χ3n) is 5.37. The number of nitro groups is 1. The standard InChI is InChI=1S/C25H23N3O4/c1-2-32-25(29)23-22(19-13-15-21(16-14-19)28(30)31)26-24(20-11-7-4-8-12-20)27(23)17-18-9-5-3-6-10-18/h3-16,22-23H,2,17H2,1H3/t22-,23+/m0/s1. The molecule has 4 rings (SSSR count). The van der Waals surface area contributed by atoms with E-state index in [0.717, 1.165) is 16.7 Å². The number of ether oxygens (including phenoxy) is 1. The Hall–Kier alpha value is -4.00. The first-order valence-electron chi connectivity index (χ1n) is 10.4. The van der Waals surface area contributed by atoms with Crippen LogP contribution in [0.4, 0.5) is 5.69 Å². The van der Waals surface area contributed by atoms with Gasteiger partial charge in [-0.25, -0.2) is 4.79 Å². The third-order valence-corrected chi connectivity index (χ3v) is 5.37. The van der Waals surface area contributed by atoms with Gasteiger partial charge in [0.2, 0.25) is 0 Å². The van der Waals surface area contributed by atoms with Gasteiger partial charge in [-0.2, -0.15) is 0 Å². The molecule has 1 aliphatic heterocycles.